The van der Waals surface area contributed by atoms with Crippen LogP contribution in [0.5, 0.6) is 23.0 Å². The fourth-order valence-corrected chi connectivity index (χ4v) is 17.6. The molecule has 31 nitrogen and oxygen atoms in total. The maximum Gasteiger partial charge on any atom is 0.416 e. The van der Waals surface area contributed by atoms with Crippen LogP contribution in [0.4, 0.5) is 21.0 Å². The lowest BCUT2D eigenvalue weighted by atomic mass is 9.92. The van der Waals surface area contributed by atoms with Gasteiger partial charge in [-0.2, -0.15) is 4.31 Å². The summed E-state index contributed by atoms with van der Waals surface area (Å²) < 4.78 is 134. The number of aliphatic carboxylic acids is 1. The molecule has 4 aromatic carbocycles. The fourth-order valence-electron chi connectivity index (χ4n) is 14.2. The first kappa shape index (κ1) is 88.6. The third kappa shape index (κ3) is 21.3. The monoisotopic (exact) mass is 1660 g/mol. The first-order valence-corrected chi connectivity index (χ1v) is 44.5. The number of sulfonamides is 2. The second-order valence-corrected chi connectivity index (χ2v) is 38.7. The highest BCUT2D eigenvalue weighted by molar-refractivity contribution is 7.89. The van der Waals surface area contributed by atoms with Gasteiger partial charge in [-0.3, -0.25) is 19.2 Å². The van der Waals surface area contributed by atoms with Gasteiger partial charge in [0, 0.05) is 52.1 Å². The number of ether oxygens (including phenoxy) is 12. The number of rotatable bonds is 30. The van der Waals surface area contributed by atoms with Gasteiger partial charge in [0.25, 0.3) is 11.8 Å². The Labute approximate surface area is 673 Å². The van der Waals surface area contributed by atoms with Crippen LogP contribution in [-0.4, -0.2) is 235 Å². The number of fused-ring (bicyclic) bond motifs is 4. The zero-order valence-corrected chi connectivity index (χ0v) is 69.6. The Morgan fingerprint density at radius 1 is 0.652 bits per heavy atom. The predicted octanol–water partition coefficient (Wildman–Crippen LogP) is 11.0. The van der Waals surface area contributed by atoms with Gasteiger partial charge in [-0.05, 0) is 161 Å². The minimum Gasteiger partial charge on any atom is -0.493 e. The fraction of sp³-hybridized carbons (Fsp3) is 0.531. The SMILES string of the molecule is C=CCOC(=O)N1c2cc(OC[C@@H](O)CC(=O)O)c(OC)cc2C(=O)N2CC=C(c3ccc(S(=O)(=O)NC)cc3)C[C@H]2C1OC1CCCCO1.C=CCOC(=O)N1c2cc(OC[C@H](CC(=O)OCC)O[Si](C)(C)C(C)(C)C)c(OC)cc2C(=O)N2CC=C(c3ccc(S(=O)(=O)N(C)C4CCCCO4)cc3)C[C@H]2C1OC1CCCCO1. The van der Waals surface area contributed by atoms with Crippen LogP contribution in [0.2, 0.25) is 18.1 Å². The molecule has 628 valence electrons. The molecule has 4 aromatic rings. The highest BCUT2D eigenvalue weighted by atomic mass is 32.2. The third-order valence-electron chi connectivity index (χ3n) is 21.4. The maximum atomic E-state index is 14.9. The lowest BCUT2D eigenvalue weighted by Crippen LogP contribution is -2.57. The topological polar surface area (TPSA) is 359 Å². The lowest BCUT2D eigenvalue weighted by Gasteiger charge is -2.42. The van der Waals surface area contributed by atoms with Crippen molar-refractivity contribution in [1.82, 2.24) is 18.8 Å². The van der Waals surface area contributed by atoms with Crippen LogP contribution in [0, 0.1) is 0 Å². The number of carboxylic acids is 1. The van der Waals surface area contributed by atoms with E-state index in [1.165, 1.54) is 71.8 Å². The molecular formula is C81H108N6O25S2Si. The quantitative estimate of drug-likeness (QED) is 0.0189. The molecule has 7 heterocycles. The van der Waals surface area contributed by atoms with Crippen molar-refractivity contribution < 1.29 is 117 Å². The van der Waals surface area contributed by atoms with Gasteiger partial charge in [-0.1, -0.05) is 82.5 Å². The maximum absolute atomic E-state index is 14.9. The van der Waals surface area contributed by atoms with Crippen molar-refractivity contribution in [2.45, 2.75) is 195 Å². The second-order valence-electron chi connectivity index (χ2n) is 30.1. The van der Waals surface area contributed by atoms with Gasteiger partial charge in [-0.15, -0.1) is 0 Å². The Balaban J connectivity index is 0.000000251. The second kappa shape index (κ2) is 39.4. The van der Waals surface area contributed by atoms with E-state index in [1.54, 1.807) is 72.3 Å². The number of aliphatic hydroxyl groups is 1. The Morgan fingerprint density at radius 2 is 1.11 bits per heavy atom. The summed E-state index contributed by atoms with van der Waals surface area (Å²) in [5, 5.41) is 19.1. The van der Waals surface area contributed by atoms with Gasteiger partial charge in [-0.25, -0.2) is 40.9 Å². The Morgan fingerprint density at radius 3 is 1.52 bits per heavy atom. The van der Waals surface area contributed by atoms with Crippen LogP contribution in [0.3, 0.4) is 0 Å². The molecule has 115 heavy (non-hydrogen) atoms. The number of carbonyl (C=O) groups is 6. The van der Waals surface area contributed by atoms with E-state index in [4.69, 9.17) is 66.4 Å². The van der Waals surface area contributed by atoms with E-state index in [2.05, 4.69) is 51.7 Å². The van der Waals surface area contributed by atoms with Crippen molar-refractivity contribution in [2.75, 3.05) is 104 Å². The molecule has 3 N–H and O–H groups in total. The number of amides is 4. The Hall–Kier alpha value is -8.78. The molecule has 7 aliphatic heterocycles. The molecule has 4 amide bonds. The van der Waals surface area contributed by atoms with Crippen molar-refractivity contribution in [3.63, 3.8) is 0 Å². The predicted molar refractivity (Wildman–Crippen MR) is 426 cm³/mol. The normalized spacial score (nSPS) is 21.8. The summed E-state index contributed by atoms with van der Waals surface area (Å²) in [5.41, 5.74) is 3.54. The molecule has 3 fully saturated rings. The van der Waals surface area contributed by atoms with Gasteiger partial charge < -0.3 is 81.3 Å². The molecule has 0 spiro atoms. The highest BCUT2D eigenvalue weighted by Crippen LogP contribution is 2.47. The number of carboxylic acid groups (broad SMARTS) is 1. The van der Waals surface area contributed by atoms with Gasteiger partial charge >= 0.3 is 24.1 Å². The minimum absolute atomic E-state index is 0.0352. The number of anilines is 2. The van der Waals surface area contributed by atoms with Crippen LogP contribution in [-0.2, 0) is 72.0 Å². The van der Waals surface area contributed by atoms with E-state index >= 15 is 0 Å². The lowest BCUT2D eigenvalue weighted by molar-refractivity contribution is -0.197. The number of aliphatic hydroxyl groups excluding tert-OH is 1. The Bertz CT molecular complexity index is 4420. The molecule has 5 unspecified atom stereocenters. The van der Waals surface area contributed by atoms with Gasteiger partial charge in [0.15, 0.2) is 56.4 Å². The molecule has 3 saturated heterocycles. The van der Waals surface area contributed by atoms with E-state index < -0.39 is 133 Å². The summed E-state index contributed by atoms with van der Waals surface area (Å²) in [6, 6.07) is 17.4. The van der Waals surface area contributed by atoms with E-state index in [9.17, 15) is 50.7 Å². The number of benzene rings is 4. The van der Waals surface area contributed by atoms with Crippen molar-refractivity contribution in [3.8, 4) is 23.0 Å². The van der Waals surface area contributed by atoms with E-state index in [-0.39, 0.29) is 119 Å². The smallest absolute Gasteiger partial charge is 0.416 e. The minimum atomic E-state index is -3.85. The molecule has 9 atom stereocenters. The molecule has 0 radical (unpaired) electrons. The van der Waals surface area contributed by atoms with E-state index in [1.807, 2.05) is 12.2 Å². The summed E-state index contributed by atoms with van der Waals surface area (Å²) in [4.78, 5) is 87.9. The van der Waals surface area contributed by atoms with Crippen LogP contribution < -0.4 is 33.5 Å². The average Bonchev–Trinajstić information content (AvgIpc) is 1.61. The largest absolute Gasteiger partial charge is 0.493 e. The zero-order valence-electron chi connectivity index (χ0n) is 66.9. The first-order valence-electron chi connectivity index (χ1n) is 38.7. The van der Waals surface area contributed by atoms with Gasteiger partial charge in [0.1, 0.15) is 32.7 Å². The van der Waals surface area contributed by atoms with Gasteiger partial charge in [0.05, 0.1) is 90.3 Å². The number of carbonyl (C=O) groups excluding carboxylic acids is 5. The molecule has 0 saturated carbocycles. The summed E-state index contributed by atoms with van der Waals surface area (Å²) in [6.45, 7) is 20.8. The van der Waals surface area contributed by atoms with Crippen molar-refractivity contribution >= 4 is 86.8 Å². The summed E-state index contributed by atoms with van der Waals surface area (Å²) in [6.07, 6.45) is 5.45. The summed E-state index contributed by atoms with van der Waals surface area (Å²) >= 11 is 0. The van der Waals surface area contributed by atoms with E-state index in [0.29, 0.717) is 39.1 Å². The average molecular weight is 1660 g/mol. The molecule has 0 aromatic heterocycles. The number of nitrogens with one attached hydrogen (secondary N) is 1. The standard InChI is InChI=1S/C47H67N3O13SSi.C34H41N3O12S/c1-10-24-60-46(53)50-37-30-40(61-31-34(28-42(51)57-11-2)63-65(8,9)47(3,4)5)39(56-7)29-36(37)44(52)49-23-22-33(27-38(49)45(50)62-43-17-13-15-26-59-43)32-18-20-35(21-19-32)64(54,55)48(6)41-16-12-14-25-58-41;1-4-14-47-34(42)37-26-19-29(48-20-23(38)17-30(39)40)28(45-3)18-25(26)32(41)36-13-12-22(21-8-10-24(11-9-21)50(43,44)35-2)16-27(36)33(37)49-31-7-5-6-15-46-31/h10,18-22,29-30,34,38,41,43,45H,1,11-17,23-28,31H2,2-9H3;4,8-12,18-19,23,27,31,33,35,38H,1,5-7,13-17,20H2,2-3H3,(H,39,40)/t34-,38-,41?,43?,45?;23-,27-,31?,33?/m00/s1. The van der Waals surface area contributed by atoms with Gasteiger partial charge in [0.2, 0.25) is 20.0 Å². The Kier molecular flexibility index (Phi) is 30.4. The zero-order chi connectivity index (χ0) is 83.1. The van der Waals surface area contributed by atoms with Crippen LogP contribution in [0.25, 0.3) is 11.1 Å². The van der Waals surface area contributed by atoms with Crippen molar-refractivity contribution in [3.05, 3.63) is 133 Å². The molecule has 11 rings (SSSR count). The summed E-state index contributed by atoms with van der Waals surface area (Å²) in [5.74, 6) is -1.93. The molecule has 0 bridgehead atoms. The molecule has 7 aliphatic rings. The third-order valence-corrected chi connectivity index (χ3v) is 29.2. The molecule has 34 heteroatoms. The highest BCUT2D eigenvalue weighted by Gasteiger charge is 2.50. The van der Waals surface area contributed by atoms with Crippen molar-refractivity contribution in [1.29, 1.82) is 0 Å². The van der Waals surface area contributed by atoms with Crippen LogP contribution >= 0.6 is 0 Å². The van der Waals surface area contributed by atoms with Crippen LogP contribution in [0.15, 0.2) is 120 Å². The van der Waals surface area contributed by atoms with E-state index in [0.717, 1.165) is 60.8 Å². The van der Waals surface area contributed by atoms with Crippen molar-refractivity contribution in [2.24, 2.45) is 0 Å². The number of methoxy groups -OCH3 is 2. The number of esters is 1. The van der Waals surface area contributed by atoms with Crippen LogP contribution in [0.1, 0.15) is 143 Å². The summed E-state index contributed by atoms with van der Waals surface area (Å²) in [7, 11) is -4.23. The number of hydrogen-bond donors (Lipinski definition) is 3. The molecule has 0 aliphatic carbocycles. The molecular weight excluding hydrogens is 1550 g/mol. The number of nitrogens with zero attached hydrogens (tertiary/aromatic N) is 5. The first-order chi connectivity index (χ1) is 54.9. The number of hydrogen-bond acceptors (Lipinski definition) is 24.